The van der Waals surface area contributed by atoms with Gasteiger partial charge in [0.25, 0.3) is 0 Å². The molecule has 0 aliphatic rings. The monoisotopic (exact) mass is 291 g/mol. The molecule has 1 aromatic heterocycles. The van der Waals surface area contributed by atoms with Crippen molar-refractivity contribution in [2.45, 2.75) is 19.4 Å². The van der Waals surface area contributed by atoms with Gasteiger partial charge in [0, 0.05) is 37.0 Å². The number of aromatic nitrogens is 1. The summed E-state index contributed by atoms with van der Waals surface area (Å²) >= 11 is 0. The summed E-state index contributed by atoms with van der Waals surface area (Å²) in [6.07, 6.45) is 2.17. The highest BCUT2D eigenvalue weighted by Gasteiger charge is 2.20. The average Bonchev–Trinajstić information content (AvgIpc) is 2.87. The van der Waals surface area contributed by atoms with Crippen LogP contribution in [0.1, 0.15) is 12.5 Å². The van der Waals surface area contributed by atoms with Crippen LogP contribution >= 0.6 is 0 Å². The molecular weight excluding hydrogens is 273 g/mol. The molecule has 2 amide bonds. The van der Waals surface area contributed by atoms with Crippen LogP contribution in [0.15, 0.2) is 30.5 Å². The highest BCUT2D eigenvalue weighted by molar-refractivity contribution is 5.89. The number of amides is 2. The molecule has 0 aliphatic heterocycles. The summed E-state index contributed by atoms with van der Waals surface area (Å²) in [4.78, 5) is 26.4. The second-order valence-electron chi connectivity index (χ2n) is 4.80. The van der Waals surface area contributed by atoms with Crippen molar-refractivity contribution in [3.8, 4) is 0 Å². The first-order chi connectivity index (χ1) is 10.1. The minimum absolute atomic E-state index is 0.0528. The number of halogens is 1. The normalized spacial score (nSPS) is 12.1. The maximum absolute atomic E-state index is 12.2. The molecule has 0 radical (unpaired) electrons. The van der Waals surface area contributed by atoms with Crippen LogP contribution in [-0.2, 0) is 16.0 Å². The van der Waals surface area contributed by atoms with Crippen molar-refractivity contribution in [3.63, 3.8) is 0 Å². The zero-order valence-electron chi connectivity index (χ0n) is 11.8. The van der Waals surface area contributed by atoms with Crippen molar-refractivity contribution < 1.29 is 14.0 Å². The largest absolute Gasteiger partial charge is 0.361 e. The average molecular weight is 291 g/mol. The molecule has 0 spiro atoms. The summed E-state index contributed by atoms with van der Waals surface area (Å²) in [5.41, 5.74) is 1.90. The zero-order valence-corrected chi connectivity index (χ0v) is 11.8. The molecule has 0 aliphatic carbocycles. The molecule has 5 nitrogen and oxygen atoms in total. The maximum Gasteiger partial charge on any atom is 0.243 e. The lowest BCUT2D eigenvalue weighted by Crippen LogP contribution is -2.47. The Morgan fingerprint density at radius 2 is 2.10 bits per heavy atom. The number of rotatable bonds is 6. The van der Waals surface area contributed by atoms with Crippen molar-refractivity contribution in [1.29, 1.82) is 0 Å². The number of hydrogen-bond acceptors (Lipinski definition) is 2. The van der Waals surface area contributed by atoms with Crippen LogP contribution in [0.3, 0.4) is 0 Å². The standard InChI is InChI=1S/C15H18FN3O2/c1-10(20)19-14(15(21)17-7-6-16)8-11-9-18-13-5-3-2-4-12(11)13/h2-5,9,14,18H,6-8H2,1H3,(H,17,21)(H,19,20). The van der Waals surface area contributed by atoms with Gasteiger partial charge in [0.15, 0.2) is 0 Å². The van der Waals surface area contributed by atoms with E-state index in [1.165, 1.54) is 6.92 Å². The van der Waals surface area contributed by atoms with Crippen molar-refractivity contribution in [2.24, 2.45) is 0 Å². The molecule has 2 rings (SSSR count). The lowest BCUT2D eigenvalue weighted by atomic mass is 10.0. The minimum Gasteiger partial charge on any atom is -0.361 e. The molecule has 1 heterocycles. The van der Waals surface area contributed by atoms with E-state index in [1.807, 2.05) is 30.5 Å². The summed E-state index contributed by atoms with van der Waals surface area (Å²) < 4.78 is 12.2. The number of nitrogens with one attached hydrogen (secondary N) is 3. The van der Waals surface area contributed by atoms with Gasteiger partial charge in [-0.1, -0.05) is 18.2 Å². The van der Waals surface area contributed by atoms with Gasteiger partial charge in [-0.2, -0.15) is 0 Å². The highest BCUT2D eigenvalue weighted by atomic mass is 19.1. The van der Waals surface area contributed by atoms with Gasteiger partial charge < -0.3 is 15.6 Å². The molecule has 2 aromatic rings. The molecule has 1 aromatic carbocycles. The molecule has 1 atom stereocenters. The Morgan fingerprint density at radius 3 is 2.81 bits per heavy atom. The summed E-state index contributed by atoms with van der Waals surface area (Å²) in [6, 6.07) is 7.01. The number of alkyl halides is 1. The third-order valence-electron chi connectivity index (χ3n) is 3.19. The predicted octanol–water partition coefficient (Wildman–Crippen LogP) is 1.30. The Kier molecular flexibility index (Phi) is 4.92. The molecule has 0 saturated heterocycles. The van der Waals surface area contributed by atoms with Crippen molar-refractivity contribution in [2.75, 3.05) is 13.2 Å². The number of hydrogen-bond donors (Lipinski definition) is 3. The van der Waals surface area contributed by atoms with Crippen LogP contribution in [0.25, 0.3) is 10.9 Å². The van der Waals surface area contributed by atoms with E-state index in [-0.39, 0.29) is 18.4 Å². The van der Waals surface area contributed by atoms with Gasteiger partial charge in [-0.3, -0.25) is 9.59 Å². The number of benzene rings is 1. The molecule has 6 heteroatoms. The SMILES string of the molecule is CC(=O)NC(Cc1c[nH]c2ccccc12)C(=O)NCCF. The smallest absolute Gasteiger partial charge is 0.243 e. The van der Waals surface area contributed by atoms with E-state index < -0.39 is 12.7 Å². The van der Waals surface area contributed by atoms with Crippen LogP contribution in [-0.4, -0.2) is 36.1 Å². The summed E-state index contributed by atoms with van der Waals surface area (Å²) in [5.74, 6) is -0.677. The molecule has 0 saturated carbocycles. The van der Waals surface area contributed by atoms with E-state index in [1.54, 1.807) is 0 Å². The second-order valence-corrected chi connectivity index (χ2v) is 4.80. The van der Waals surface area contributed by atoms with Gasteiger partial charge in [-0.05, 0) is 11.6 Å². The van der Waals surface area contributed by atoms with Gasteiger partial charge in [-0.25, -0.2) is 4.39 Å². The fourth-order valence-corrected chi connectivity index (χ4v) is 2.27. The van der Waals surface area contributed by atoms with Gasteiger partial charge in [-0.15, -0.1) is 0 Å². The number of H-pyrrole nitrogens is 1. The molecule has 112 valence electrons. The van der Waals surface area contributed by atoms with Crippen molar-refractivity contribution in [1.82, 2.24) is 15.6 Å². The number of carbonyl (C=O) groups excluding carboxylic acids is 2. The third kappa shape index (κ3) is 3.81. The van der Waals surface area contributed by atoms with Crippen LogP contribution < -0.4 is 10.6 Å². The van der Waals surface area contributed by atoms with Crippen LogP contribution in [0.2, 0.25) is 0 Å². The summed E-state index contributed by atoms with van der Waals surface area (Å²) in [6.45, 7) is 0.666. The second kappa shape index (κ2) is 6.88. The van der Waals surface area contributed by atoms with Crippen LogP contribution in [0.4, 0.5) is 4.39 Å². The third-order valence-corrected chi connectivity index (χ3v) is 3.19. The topological polar surface area (TPSA) is 74.0 Å². The summed E-state index contributed by atoms with van der Waals surface area (Å²) in [7, 11) is 0. The molecule has 3 N–H and O–H groups in total. The minimum atomic E-state index is -0.715. The fraction of sp³-hybridized carbons (Fsp3) is 0.333. The predicted molar refractivity (Wildman–Crippen MR) is 78.6 cm³/mol. The number of para-hydroxylation sites is 1. The van der Waals surface area contributed by atoms with Gasteiger partial charge in [0.1, 0.15) is 12.7 Å². The lowest BCUT2D eigenvalue weighted by molar-refractivity contribution is -0.128. The van der Waals surface area contributed by atoms with Crippen molar-refractivity contribution >= 4 is 22.7 Å². The van der Waals surface area contributed by atoms with Gasteiger partial charge in [0.2, 0.25) is 11.8 Å². The number of fused-ring (bicyclic) bond motifs is 1. The Hall–Kier alpha value is -2.37. The first-order valence-electron chi connectivity index (χ1n) is 6.77. The Balaban J connectivity index is 2.17. The number of aromatic amines is 1. The lowest BCUT2D eigenvalue weighted by Gasteiger charge is -2.17. The van der Waals surface area contributed by atoms with E-state index in [2.05, 4.69) is 15.6 Å². The van der Waals surface area contributed by atoms with Gasteiger partial charge >= 0.3 is 0 Å². The molecular formula is C15H18FN3O2. The number of carbonyl (C=O) groups is 2. The summed E-state index contributed by atoms with van der Waals surface area (Å²) in [5, 5.41) is 6.07. The molecule has 21 heavy (non-hydrogen) atoms. The zero-order chi connectivity index (χ0) is 15.2. The van der Waals surface area contributed by atoms with E-state index in [0.717, 1.165) is 16.5 Å². The van der Waals surface area contributed by atoms with Crippen molar-refractivity contribution in [3.05, 3.63) is 36.0 Å². The van der Waals surface area contributed by atoms with E-state index in [0.29, 0.717) is 6.42 Å². The molecule has 0 fully saturated rings. The van der Waals surface area contributed by atoms with Gasteiger partial charge in [0.05, 0.1) is 0 Å². The van der Waals surface area contributed by atoms with Crippen LogP contribution in [0.5, 0.6) is 0 Å². The van der Waals surface area contributed by atoms with E-state index in [4.69, 9.17) is 0 Å². The van der Waals surface area contributed by atoms with Crippen LogP contribution in [0, 0.1) is 0 Å². The highest BCUT2D eigenvalue weighted by Crippen LogP contribution is 2.19. The Bertz CT molecular complexity index is 639. The molecule has 0 bridgehead atoms. The first-order valence-corrected chi connectivity index (χ1v) is 6.77. The van der Waals surface area contributed by atoms with E-state index >= 15 is 0 Å². The molecule has 1 unspecified atom stereocenters. The quantitative estimate of drug-likeness (QED) is 0.750. The maximum atomic E-state index is 12.2. The first kappa shape index (κ1) is 15.0. The fourth-order valence-electron chi connectivity index (χ4n) is 2.27. The Labute approximate surface area is 121 Å². The van der Waals surface area contributed by atoms with E-state index in [9.17, 15) is 14.0 Å². The Morgan fingerprint density at radius 1 is 1.33 bits per heavy atom.